The lowest BCUT2D eigenvalue weighted by atomic mass is 10.0. The molecule has 3 atom stereocenters. The van der Waals surface area contributed by atoms with E-state index >= 15 is 0 Å². The van der Waals surface area contributed by atoms with Gasteiger partial charge in [0.2, 0.25) is 0 Å². The van der Waals surface area contributed by atoms with Crippen LogP contribution in [0.15, 0.2) is 26.6 Å². The third-order valence-corrected chi connectivity index (χ3v) is 8.03. The summed E-state index contributed by atoms with van der Waals surface area (Å²) >= 11 is 6.10. The number of aromatic hydroxyl groups is 1. The Morgan fingerprint density at radius 1 is 1.23 bits per heavy atom. The van der Waals surface area contributed by atoms with Crippen molar-refractivity contribution in [3.05, 3.63) is 37.6 Å². The maximum atomic E-state index is 13.0. The number of benzene rings is 1. The second kappa shape index (κ2) is 11.2. The topological polar surface area (TPSA) is 144 Å². The summed E-state index contributed by atoms with van der Waals surface area (Å²) in [4.78, 5) is 29.1. The van der Waals surface area contributed by atoms with Crippen LogP contribution < -0.4 is 21.5 Å². The summed E-state index contributed by atoms with van der Waals surface area (Å²) in [5, 5.41) is 16.3. The molecule has 35 heavy (non-hydrogen) atoms. The third-order valence-electron chi connectivity index (χ3n) is 5.89. The minimum Gasteiger partial charge on any atom is -0.504 e. The quantitative estimate of drug-likeness (QED) is 0.161. The molecule has 0 unspecified atom stereocenters. The van der Waals surface area contributed by atoms with Crippen molar-refractivity contribution in [3.8, 4) is 5.75 Å². The lowest BCUT2D eigenvalue weighted by Gasteiger charge is -2.26. The molecule has 0 saturated carbocycles. The number of methoxy groups -OCH3 is 1. The van der Waals surface area contributed by atoms with Crippen molar-refractivity contribution < 1.29 is 27.8 Å². The van der Waals surface area contributed by atoms with E-state index in [-0.39, 0.29) is 53.5 Å². The van der Waals surface area contributed by atoms with Gasteiger partial charge in [-0.05, 0) is 38.3 Å². The van der Waals surface area contributed by atoms with Crippen LogP contribution in [0.2, 0.25) is 5.02 Å². The van der Waals surface area contributed by atoms with Crippen LogP contribution in [0.3, 0.4) is 0 Å². The van der Waals surface area contributed by atoms with Crippen LogP contribution in [0.25, 0.3) is 0 Å². The van der Waals surface area contributed by atoms with Gasteiger partial charge in [0.15, 0.2) is 5.75 Å². The average Bonchev–Trinajstić information content (AvgIpc) is 3.25. The summed E-state index contributed by atoms with van der Waals surface area (Å²) in [6, 6.07) is 2.36. The molecule has 0 aliphatic carbocycles. The van der Waals surface area contributed by atoms with Crippen molar-refractivity contribution >= 4 is 38.7 Å². The molecule has 3 N–H and O–H groups in total. The maximum absolute atomic E-state index is 13.0. The van der Waals surface area contributed by atoms with Gasteiger partial charge in [-0.1, -0.05) is 23.0 Å². The van der Waals surface area contributed by atoms with Crippen molar-refractivity contribution in [2.75, 3.05) is 38.0 Å². The number of nitrogens with one attached hydrogen (secondary N) is 2. The van der Waals surface area contributed by atoms with Crippen molar-refractivity contribution in [2.45, 2.75) is 56.3 Å². The van der Waals surface area contributed by atoms with Crippen molar-refractivity contribution in [1.29, 1.82) is 0 Å². The number of nitrogens with zero attached hydrogens (tertiary/aromatic N) is 1. The number of hydrogen-bond acceptors (Lipinski definition) is 10. The molecule has 1 aliphatic rings. The van der Waals surface area contributed by atoms with Gasteiger partial charge in [-0.15, -0.1) is 0 Å². The number of phenolic OH excluding ortho intramolecular Hbond substituents is 1. The first-order valence-corrected chi connectivity index (χ1v) is 13.0. The fourth-order valence-electron chi connectivity index (χ4n) is 3.90. The minimum atomic E-state index is -4.37. The van der Waals surface area contributed by atoms with Gasteiger partial charge in [0, 0.05) is 14.2 Å². The van der Waals surface area contributed by atoms with E-state index in [4.69, 9.17) is 25.9 Å². The van der Waals surface area contributed by atoms with Gasteiger partial charge in [0.1, 0.15) is 16.3 Å². The highest BCUT2D eigenvalue weighted by Gasteiger charge is 2.33. The summed E-state index contributed by atoms with van der Waals surface area (Å²) in [5.74, 6) is -0.723. The number of hydrogen-bond donors (Lipinski definition) is 3. The zero-order chi connectivity index (χ0) is 25.9. The van der Waals surface area contributed by atoms with Crippen LogP contribution in [-0.4, -0.2) is 63.6 Å². The molecule has 194 valence electrons. The number of sulfonamides is 1. The van der Waals surface area contributed by atoms with Gasteiger partial charge in [-0.2, -0.15) is 0 Å². The number of hydroxylamine groups is 1. The van der Waals surface area contributed by atoms with Crippen LogP contribution in [-0.2, 0) is 24.3 Å². The zero-order valence-electron chi connectivity index (χ0n) is 20.0. The molecule has 1 aliphatic heterocycles. The van der Waals surface area contributed by atoms with Crippen LogP contribution in [0.1, 0.15) is 33.1 Å². The Hall–Kier alpha value is -2.22. The molecule has 1 heterocycles. The van der Waals surface area contributed by atoms with Gasteiger partial charge in [0.05, 0.1) is 42.2 Å². The normalized spacial score (nSPS) is 19.4. The Bertz CT molecular complexity index is 1230. The second-order valence-electron chi connectivity index (χ2n) is 8.27. The largest absolute Gasteiger partial charge is 0.504 e. The average molecular weight is 532 g/mol. The third kappa shape index (κ3) is 5.63. The SMILES string of the molecule is CC[C@@H](Nc1c(Nc2ccc(Cl)c(S(=O)(=O)N(C)OCCOC)c2O)c(=O)c1=O)[C@H]1CC[C@@H](C)O1. The number of phenols is 1. The summed E-state index contributed by atoms with van der Waals surface area (Å²) < 4.78 is 37.2. The second-order valence-corrected chi connectivity index (χ2v) is 10.5. The molecular formula is C22H30ClN3O8S. The Morgan fingerprint density at radius 2 is 1.91 bits per heavy atom. The summed E-state index contributed by atoms with van der Waals surface area (Å²) in [7, 11) is -1.79. The van der Waals surface area contributed by atoms with Gasteiger partial charge in [-0.25, -0.2) is 8.42 Å². The molecule has 0 radical (unpaired) electrons. The molecule has 0 amide bonds. The lowest BCUT2D eigenvalue weighted by molar-refractivity contribution is -0.0816. The predicted octanol–water partition coefficient (Wildman–Crippen LogP) is 2.34. The number of halogens is 1. The Labute approximate surface area is 208 Å². The highest BCUT2D eigenvalue weighted by atomic mass is 35.5. The van der Waals surface area contributed by atoms with Crippen LogP contribution >= 0.6 is 11.6 Å². The number of ether oxygens (including phenoxy) is 2. The van der Waals surface area contributed by atoms with E-state index in [2.05, 4.69) is 10.6 Å². The smallest absolute Gasteiger partial charge is 0.270 e. The molecule has 1 saturated heterocycles. The predicted molar refractivity (Wildman–Crippen MR) is 132 cm³/mol. The first kappa shape index (κ1) is 27.4. The standard InChI is InChI=1S/C22H30ClN3O8S/c1-5-14(16-9-6-12(2)34-16)24-17-18(21(29)20(17)28)25-15-8-7-13(23)22(19(15)27)35(30,31)26(3)33-11-10-32-4/h7-8,12,14,16,24-25,27H,5-6,9-11H2,1-4H3/t12-,14-,16-/m1/s1. The summed E-state index contributed by atoms with van der Waals surface area (Å²) in [6.45, 7) is 4.01. The van der Waals surface area contributed by atoms with Gasteiger partial charge in [0.25, 0.3) is 20.9 Å². The monoisotopic (exact) mass is 531 g/mol. The number of anilines is 3. The van der Waals surface area contributed by atoms with Crippen LogP contribution in [0, 0.1) is 0 Å². The Kier molecular flexibility index (Phi) is 8.78. The van der Waals surface area contributed by atoms with Crippen LogP contribution in [0.5, 0.6) is 5.75 Å². The van der Waals surface area contributed by atoms with E-state index in [0.29, 0.717) is 10.9 Å². The Balaban J connectivity index is 1.88. The molecule has 0 bridgehead atoms. The molecule has 11 nitrogen and oxygen atoms in total. The summed E-state index contributed by atoms with van der Waals surface area (Å²) in [5.41, 5.74) is -1.63. The minimum absolute atomic E-state index is 0.0524. The van der Waals surface area contributed by atoms with E-state index in [1.165, 1.54) is 19.2 Å². The van der Waals surface area contributed by atoms with Crippen molar-refractivity contribution in [2.24, 2.45) is 0 Å². The molecule has 3 rings (SSSR count). The number of rotatable bonds is 12. The molecule has 1 fully saturated rings. The Morgan fingerprint density at radius 3 is 2.51 bits per heavy atom. The van der Waals surface area contributed by atoms with Crippen molar-refractivity contribution in [3.63, 3.8) is 0 Å². The fourth-order valence-corrected chi connectivity index (χ4v) is 5.48. The molecule has 0 spiro atoms. The van der Waals surface area contributed by atoms with Gasteiger partial charge >= 0.3 is 0 Å². The summed E-state index contributed by atoms with van der Waals surface area (Å²) in [6.07, 6.45) is 2.38. The maximum Gasteiger partial charge on any atom is 0.270 e. The van der Waals surface area contributed by atoms with E-state index in [9.17, 15) is 23.1 Å². The zero-order valence-corrected chi connectivity index (χ0v) is 21.5. The molecule has 0 aromatic heterocycles. The van der Waals surface area contributed by atoms with E-state index in [1.807, 2.05) is 13.8 Å². The van der Waals surface area contributed by atoms with E-state index < -0.39 is 31.5 Å². The first-order chi connectivity index (χ1) is 16.5. The highest BCUT2D eigenvalue weighted by Crippen LogP contribution is 2.40. The molecular weight excluding hydrogens is 502 g/mol. The first-order valence-electron chi connectivity index (χ1n) is 11.2. The lowest BCUT2D eigenvalue weighted by Crippen LogP contribution is -2.42. The van der Waals surface area contributed by atoms with Gasteiger partial charge < -0.3 is 25.2 Å². The highest BCUT2D eigenvalue weighted by molar-refractivity contribution is 7.89. The van der Waals surface area contributed by atoms with Gasteiger partial charge in [-0.3, -0.25) is 14.4 Å². The molecule has 2 aromatic rings. The van der Waals surface area contributed by atoms with Crippen molar-refractivity contribution in [1.82, 2.24) is 4.47 Å². The van der Waals surface area contributed by atoms with E-state index in [1.54, 1.807) is 0 Å². The fraction of sp³-hybridized carbons (Fsp3) is 0.545. The van der Waals surface area contributed by atoms with Crippen LogP contribution in [0.4, 0.5) is 17.1 Å². The molecule has 2 aromatic carbocycles. The molecule has 13 heteroatoms. The van der Waals surface area contributed by atoms with E-state index in [0.717, 1.165) is 19.9 Å².